The van der Waals surface area contributed by atoms with Gasteiger partial charge in [-0.2, -0.15) is 0 Å². The Labute approximate surface area is 188 Å². The number of rotatable bonds is 6. The fraction of sp³-hybridized carbons (Fsp3) is 0.346. The van der Waals surface area contributed by atoms with Gasteiger partial charge in [0.1, 0.15) is 11.6 Å². The quantitative estimate of drug-likeness (QED) is 0.621. The van der Waals surface area contributed by atoms with Gasteiger partial charge in [0.25, 0.3) is 5.91 Å². The molecule has 166 valence electrons. The highest BCUT2D eigenvalue weighted by atomic mass is 19.1. The molecule has 0 radical (unpaired) electrons. The molecule has 6 heteroatoms. The van der Waals surface area contributed by atoms with Gasteiger partial charge in [0.05, 0.1) is 11.3 Å². The van der Waals surface area contributed by atoms with Gasteiger partial charge in [-0.15, -0.1) is 0 Å². The molecule has 5 nitrogen and oxygen atoms in total. The molecule has 32 heavy (non-hydrogen) atoms. The molecule has 2 aromatic carbocycles. The molecule has 1 N–H and O–H groups in total. The average molecular weight is 433 g/mol. The molecule has 1 aromatic heterocycles. The second-order valence-electron chi connectivity index (χ2n) is 8.51. The van der Waals surface area contributed by atoms with Gasteiger partial charge in [0, 0.05) is 25.2 Å². The Bertz CT molecular complexity index is 1080. The molecule has 3 aromatic rings. The second-order valence-corrected chi connectivity index (χ2v) is 8.51. The number of aromatic nitrogens is 2. The SMILES string of the molecule is Cc1ccccc1CN1CCC(c2ncc(C(=O)NCc3ccc(F)cc3)c(C)n2)CC1. The van der Waals surface area contributed by atoms with E-state index < -0.39 is 0 Å². The Morgan fingerprint density at radius 3 is 2.50 bits per heavy atom. The van der Waals surface area contributed by atoms with Crippen LogP contribution in [0.3, 0.4) is 0 Å². The van der Waals surface area contributed by atoms with Crippen LogP contribution >= 0.6 is 0 Å². The molecule has 0 spiro atoms. The molecule has 4 rings (SSSR count). The van der Waals surface area contributed by atoms with Gasteiger partial charge in [-0.1, -0.05) is 36.4 Å². The maximum absolute atomic E-state index is 13.0. The third-order valence-electron chi connectivity index (χ3n) is 6.22. The molecule has 1 saturated heterocycles. The fourth-order valence-corrected chi connectivity index (χ4v) is 4.16. The predicted molar refractivity (Wildman–Crippen MR) is 123 cm³/mol. The van der Waals surface area contributed by atoms with Crippen molar-refractivity contribution in [2.45, 2.75) is 45.7 Å². The van der Waals surface area contributed by atoms with Crippen molar-refractivity contribution in [1.29, 1.82) is 0 Å². The van der Waals surface area contributed by atoms with Crippen molar-refractivity contribution in [2.75, 3.05) is 13.1 Å². The standard InChI is InChI=1S/C26H29FN4O/c1-18-5-3-4-6-22(18)17-31-13-11-21(12-14-31)25-28-16-24(19(2)30-25)26(32)29-15-20-7-9-23(27)10-8-20/h3-10,16,21H,11-15,17H2,1-2H3,(H,29,32). The number of hydrogen-bond donors (Lipinski definition) is 1. The Morgan fingerprint density at radius 1 is 1.09 bits per heavy atom. The Balaban J connectivity index is 1.32. The van der Waals surface area contributed by atoms with E-state index in [1.165, 1.54) is 23.3 Å². The van der Waals surface area contributed by atoms with Crippen molar-refractivity contribution in [2.24, 2.45) is 0 Å². The monoisotopic (exact) mass is 432 g/mol. The van der Waals surface area contributed by atoms with Crippen LogP contribution in [0.25, 0.3) is 0 Å². The van der Waals surface area contributed by atoms with E-state index in [0.717, 1.165) is 43.9 Å². The fourth-order valence-electron chi connectivity index (χ4n) is 4.16. The lowest BCUT2D eigenvalue weighted by atomic mass is 9.95. The third-order valence-corrected chi connectivity index (χ3v) is 6.22. The van der Waals surface area contributed by atoms with Gasteiger partial charge in [-0.25, -0.2) is 14.4 Å². The molecule has 0 unspecified atom stereocenters. The number of piperidine rings is 1. The van der Waals surface area contributed by atoms with Crippen LogP contribution in [-0.2, 0) is 13.1 Å². The number of halogens is 1. The Morgan fingerprint density at radius 2 is 1.81 bits per heavy atom. The summed E-state index contributed by atoms with van der Waals surface area (Å²) < 4.78 is 13.0. The Hall–Kier alpha value is -3.12. The van der Waals surface area contributed by atoms with Crippen molar-refractivity contribution in [3.8, 4) is 0 Å². The summed E-state index contributed by atoms with van der Waals surface area (Å²) in [4.78, 5) is 24.3. The molecule has 0 saturated carbocycles. The van der Waals surface area contributed by atoms with Crippen LogP contribution < -0.4 is 5.32 Å². The van der Waals surface area contributed by atoms with Crippen LogP contribution in [0.15, 0.2) is 54.7 Å². The van der Waals surface area contributed by atoms with E-state index in [0.29, 0.717) is 23.7 Å². The number of hydrogen-bond acceptors (Lipinski definition) is 4. The van der Waals surface area contributed by atoms with Crippen LogP contribution in [0, 0.1) is 19.7 Å². The van der Waals surface area contributed by atoms with Crippen LogP contribution in [0.1, 0.15) is 57.3 Å². The third kappa shape index (κ3) is 5.37. The van der Waals surface area contributed by atoms with Gasteiger partial charge in [0.2, 0.25) is 0 Å². The number of aryl methyl sites for hydroxylation is 2. The second kappa shape index (κ2) is 10.0. The smallest absolute Gasteiger partial charge is 0.254 e. The lowest BCUT2D eigenvalue weighted by Gasteiger charge is -2.31. The first-order valence-corrected chi connectivity index (χ1v) is 11.1. The summed E-state index contributed by atoms with van der Waals surface area (Å²) in [5.74, 6) is 0.638. The largest absolute Gasteiger partial charge is 0.348 e. The van der Waals surface area contributed by atoms with Crippen molar-refractivity contribution in [1.82, 2.24) is 20.2 Å². The van der Waals surface area contributed by atoms with Gasteiger partial charge in [0.15, 0.2) is 0 Å². The van der Waals surface area contributed by atoms with Crippen molar-refractivity contribution in [3.05, 3.63) is 94.3 Å². The molecule has 0 aliphatic carbocycles. The highest BCUT2D eigenvalue weighted by Crippen LogP contribution is 2.27. The van der Waals surface area contributed by atoms with Crippen molar-refractivity contribution < 1.29 is 9.18 Å². The van der Waals surface area contributed by atoms with Gasteiger partial charge in [-0.3, -0.25) is 9.69 Å². The summed E-state index contributed by atoms with van der Waals surface area (Å²) in [5.41, 5.74) is 4.73. The summed E-state index contributed by atoms with van der Waals surface area (Å²) in [6, 6.07) is 14.6. The number of nitrogens with one attached hydrogen (secondary N) is 1. The van der Waals surface area contributed by atoms with Crippen LogP contribution in [-0.4, -0.2) is 33.9 Å². The number of carbonyl (C=O) groups is 1. The summed E-state index contributed by atoms with van der Waals surface area (Å²) in [6.45, 7) is 7.36. The minimum absolute atomic E-state index is 0.216. The van der Waals surface area contributed by atoms with E-state index in [1.807, 2.05) is 6.92 Å². The number of carbonyl (C=O) groups excluding carboxylic acids is 1. The first-order valence-electron chi connectivity index (χ1n) is 11.1. The first-order chi connectivity index (χ1) is 15.5. The van der Waals surface area contributed by atoms with E-state index in [9.17, 15) is 9.18 Å². The number of nitrogens with zero attached hydrogens (tertiary/aromatic N) is 3. The summed E-state index contributed by atoms with van der Waals surface area (Å²) >= 11 is 0. The average Bonchev–Trinajstić information content (AvgIpc) is 2.80. The van der Waals surface area contributed by atoms with E-state index >= 15 is 0 Å². The van der Waals surface area contributed by atoms with Crippen molar-refractivity contribution in [3.63, 3.8) is 0 Å². The molecule has 0 atom stereocenters. The molecular weight excluding hydrogens is 403 g/mol. The van der Waals surface area contributed by atoms with E-state index in [2.05, 4.69) is 51.4 Å². The molecule has 2 heterocycles. The number of benzene rings is 2. The van der Waals surface area contributed by atoms with E-state index in [-0.39, 0.29) is 11.7 Å². The van der Waals surface area contributed by atoms with E-state index in [1.54, 1.807) is 18.3 Å². The topological polar surface area (TPSA) is 58.1 Å². The molecule has 1 fully saturated rings. The minimum atomic E-state index is -0.291. The first kappa shape index (κ1) is 22.1. The lowest BCUT2D eigenvalue weighted by Crippen LogP contribution is -2.33. The molecule has 1 amide bonds. The highest BCUT2D eigenvalue weighted by molar-refractivity contribution is 5.94. The Kier molecular flexibility index (Phi) is 6.90. The van der Waals surface area contributed by atoms with Gasteiger partial charge in [-0.05, 0) is 68.6 Å². The molecular formula is C26H29FN4O. The van der Waals surface area contributed by atoms with Gasteiger partial charge >= 0.3 is 0 Å². The zero-order chi connectivity index (χ0) is 22.5. The zero-order valence-electron chi connectivity index (χ0n) is 18.6. The lowest BCUT2D eigenvalue weighted by molar-refractivity contribution is 0.0949. The number of amides is 1. The van der Waals surface area contributed by atoms with Gasteiger partial charge < -0.3 is 5.32 Å². The van der Waals surface area contributed by atoms with Crippen molar-refractivity contribution >= 4 is 5.91 Å². The summed E-state index contributed by atoms with van der Waals surface area (Å²) in [5, 5.41) is 2.86. The maximum Gasteiger partial charge on any atom is 0.254 e. The normalized spacial score (nSPS) is 15.0. The number of likely N-dealkylation sites (tertiary alicyclic amines) is 1. The molecule has 0 bridgehead atoms. The van der Waals surface area contributed by atoms with Crippen LogP contribution in [0.4, 0.5) is 4.39 Å². The maximum atomic E-state index is 13.0. The zero-order valence-corrected chi connectivity index (χ0v) is 18.6. The highest BCUT2D eigenvalue weighted by Gasteiger charge is 2.24. The van der Waals surface area contributed by atoms with Crippen LogP contribution in [0.2, 0.25) is 0 Å². The molecule has 1 aliphatic rings. The minimum Gasteiger partial charge on any atom is -0.348 e. The predicted octanol–water partition coefficient (Wildman–Crippen LogP) is 4.54. The summed E-state index contributed by atoms with van der Waals surface area (Å²) in [7, 11) is 0. The summed E-state index contributed by atoms with van der Waals surface area (Å²) in [6.07, 6.45) is 3.67. The molecule has 1 aliphatic heterocycles. The van der Waals surface area contributed by atoms with Crippen LogP contribution in [0.5, 0.6) is 0 Å². The van der Waals surface area contributed by atoms with E-state index in [4.69, 9.17) is 0 Å².